The van der Waals surface area contributed by atoms with Gasteiger partial charge in [-0.15, -0.1) is 0 Å². The molecule has 2 heterocycles. The molecule has 0 atom stereocenters. The molecule has 0 saturated carbocycles. The van der Waals surface area contributed by atoms with E-state index in [2.05, 4.69) is 17.0 Å². The molecule has 2 aliphatic heterocycles. The van der Waals surface area contributed by atoms with E-state index < -0.39 is 0 Å². The minimum atomic E-state index is -0.121. The molecule has 7 heteroatoms. The summed E-state index contributed by atoms with van der Waals surface area (Å²) in [5.41, 5.74) is 2.83. The fourth-order valence-corrected chi connectivity index (χ4v) is 4.54. The topological polar surface area (TPSA) is 32.8 Å². The van der Waals surface area contributed by atoms with Crippen molar-refractivity contribution in [3.8, 4) is 0 Å². The average molecular weight is 417 g/mol. The van der Waals surface area contributed by atoms with E-state index in [1.54, 1.807) is 12.1 Å². The molecule has 2 saturated heterocycles. The van der Waals surface area contributed by atoms with Gasteiger partial charge in [0.25, 0.3) is 5.91 Å². The Hall–Kier alpha value is -1.86. The van der Waals surface area contributed by atoms with Crippen LogP contribution in [0.5, 0.6) is 0 Å². The molecule has 0 bridgehead atoms. The van der Waals surface area contributed by atoms with Gasteiger partial charge in [-0.25, -0.2) is 0 Å². The molecule has 0 aromatic heterocycles. The minimum absolute atomic E-state index is 0.121. The molecule has 0 N–H and O–H groups in total. The molecule has 0 radical (unpaired) electrons. The lowest BCUT2D eigenvalue weighted by molar-refractivity contribution is -0.113. The summed E-state index contributed by atoms with van der Waals surface area (Å²) in [6.45, 7) is 3.32. The number of morpholine rings is 1. The number of benzene rings is 2. The highest BCUT2D eigenvalue weighted by molar-refractivity contribution is 8.27. The summed E-state index contributed by atoms with van der Waals surface area (Å²) in [7, 11) is 0. The van der Waals surface area contributed by atoms with E-state index in [0.717, 1.165) is 31.9 Å². The first-order chi connectivity index (χ1) is 13.1. The van der Waals surface area contributed by atoms with Crippen molar-refractivity contribution >= 4 is 63.3 Å². The van der Waals surface area contributed by atoms with E-state index in [0.29, 0.717) is 19.9 Å². The van der Waals surface area contributed by atoms with Crippen molar-refractivity contribution in [2.45, 2.75) is 0 Å². The third-order valence-corrected chi connectivity index (χ3v) is 5.96. The lowest BCUT2D eigenvalue weighted by Crippen LogP contribution is -2.36. The third-order valence-electron chi connectivity index (χ3n) is 4.43. The van der Waals surface area contributed by atoms with Gasteiger partial charge < -0.3 is 9.64 Å². The van der Waals surface area contributed by atoms with Crippen molar-refractivity contribution in [3.63, 3.8) is 0 Å². The normalized spacial score (nSPS) is 19.2. The molecule has 1 amide bonds. The number of amides is 1. The lowest BCUT2D eigenvalue weighted by Gasteiger charge is -2.28. The summed E-state index contributed by atoms with van der Waals surface area (Å²) in [6.07, 6.45) is 1.88. The Morgan fingerprint density at radius 2 is 1.81 bits per heavy atom. The van der Waals surface area contributed by atoms with Crippen molar-refractivity contribution in [3.05, 3.63) is 64.0 Å². The van der Waals surface area contributed by atoms with Crippen molar-refractivity contribution in [1.82, 2.24) is 0 Å². The van der Waals surface area contributed by atoms with Crippen molar-refractivity contribution in [2.75, 3.05) is 36.1 Å². The van der Waals surface area contributed by atoms with Crippen LogP contribution in [-0.2, 0) is 9.53 Å². The molecule has 0 spiro atoms. The van der Waals surface area contributed by atoms with Gasteiger partial charge in [-0.2, -0.15) is 0 Å². The summed E-state index contributed by atoms with van der Waals surface area (Å²) in [5.74, 6) is -0.121. The van der Waals surface area contributed by atoms with Gasteiger partial charge in [0.2, 0.25) is 0 Å². The molecular formula is C20H17ClN2O2S2. The molecule has 4 rings (SSSR count). The number of halogens is 1. The maximum atomic E-state index is 12.8. The molecule has 4 nitrogen and oxygen atoms in total. The van der Waals surface area contributed by atoms with E-state index >= 15 is 0 Å². The van der Waals surface area contributed by atoms with Crippen LogP contribution in [0.1, 0.15) is 5.56 Å². The predicted molar refractivity (Wildman–Crippen MR) is 117 cm³/mol. The van der Waals surface area contributed by atoms with Gasteiger partial charge in [0.15, 0.2) is 4.32 Å². The zero-order chi connectivity index (χ0) is 18.8. The van der Waals surface area contributed by atoms with Crippen LogP contribution in [0.2, 0.25) is 5.02 Å². The van der Waals surface area contributed by atoms with Crippen LogP contribution in [0.25, 0.3) is 6.08 Å². The zero-order valence-corrected chi connectivity index (χ0v) is 16.8. The number of nitrogens with zero attached hydrogens (tertiary/aromatic N) is 2. The van der Waals surface area contributed by atoms with Gasteiger partial charge in [-0.3, -0.25) is 9.69 Å². The van der Waals surface area contributed by atoms with Crippen LogP contribution < -0.4 is 9.80 Å². The molecule has 2 aromatic rings. The summed E-state index contributed by atoms with van der Waals surface area (Å²) >= 11 is 12.8. The van der Waals surface area contributed by atoms with E-state index in [1.165, 1.54) is 22.3 Å². The Morgan fingerprint density at radius 3 is 2.52 bits per heavy atom. The summed E-state index contributed by atoms with van der Waals surface area (Å²) in [4.78, 5) is 17.3. The van der Waals surface area contributed by atoms with Gasteiger partial charge in [-0.1, -0.05) is 53.8 Å². The monoisotopic (exact) mass is 416 g/mol. The Kier molecular flexibility index (Phi) is 5.50. The number of carbonyl (C=O) groups is 1. The van der Waals surface area contributed by atoms with Crippen LogP contribution >= 0.6 is 35.6 Å². The fourth-order valence-electron chi connectivity index (χ4n) is 3.06. The van der Waals surface area contributed by atoms with Crippen molar-refractivity contribution in [2.24, 2.45) is 0 Å². The largest absolute Gasteiger partial charge is 0.378 e. The van der Waals surface area contributed by atoms with Gasteiger partial charge in [-0.05, 0) is 42.0 Å². The highest BCUT2D eigenvalue weighted by Crippen LogP contribution is 2.36. The number of carbonyl (C=O) groups excluding carboxylic acids is 1. The number of thioether (sulfide) groups is 1. The number of hydrogen-bond donors (Lipinski definition) is 0. The summed E-state index contributed by atoms with van der Waals surface area (Å²) in [6, 6.07) is 15.4. The molecule has 27 heavy (non-hydrogen) atoms. The summed E-state index contributed by atoms with van der Waals surface area (Å²) in [5, 5.41) is 0.573. The van der Waals surface area contributed by atoms with Crippen LogP contribution in [0.15, 0.2) is 53.4 Å². The molecule has 2 aromatic carbocycles. The van der Waals surface area contributed by atoms with Gasteiger partial charge in [0.05, 0.1) is 23.8 Å². The number of rotatable bonds is 3. The smallest absolute Gasteiger partial charge is 0.270 e. The van der Waals surface area contributed by atoms with Crippen LogP contribution in [0, 0.1) is 0 Å². The van der Waals surface area contributed by atoms with Gasteiger partial charge >= 0.3 is 0 Å². The maximum absolute atomic E-state index is 12.8. The predicted octanol–water partition coefficient (Wildman–Crippen LogP) is 4.58. The Labute approximate surface area is 172 Å². The second kappa shape index (κ2) is 8.02. The quantitative estimate of drug-likeness (QED) is 0.540. The molecule has 2 aliphatic rings. The molecule has 138 valence electrons. The first-order valence-electron chi connectivity index (χ1n) is 8.58. The van der Waals surface area contributed by atoms with E-state index in [-0.39, 0.29) is 5.91 Å². The van der Waals surface area contributed by atoms with Crippen molar-refractivity contribution in [1.29, 1.82) is 0 Å². The van der Waals surface area contributed by atoms with E-state index in [1.807, 2.05) is 30.3 Å². The van der Waals surface area contributed by atoms with Crippen LogP contribution in [-0.4, -0.2) is 36.5 Å². The third kappa shape index (κ3) is 4.04. The number of ether oxygens (including phenoxy) is 1. The maximum Gasteiger partial charge on any atom is 0.270 e. The highest BCUT2D eigenvalue weighted by atomic mass is 35.5. The van der Waals surface area contributed by atoms with Crippen LogP contribution in [0.3, 0.4) is 0 Å². The minimum Gasteiger partial charge on any atom is -0.378 e. The first-order valence-corrected chi connectivity index (χ1v) is 10.2. The Morgan fingerprint density at radius 1 is 1.07 bits per heavy atom. The average Bonchev–Trinajstić information content (AvgIpc) is 2.96. The SMILES string of the molecule is O=C1/C(=C/c2ccc(N3CCOCC3)cc2)SC(=S)N1c1cccc(Cl)c1. The first kappa shape index (κ1) is 18.5. The Balaban J connectivity index is 1.54. The van der Waals surface area contributed by atoms with Gasteiger partial charge in [0, 0.05) is 23.8 Å². The number of thiocarbonyl (C=S) groups is 1. The summed E-state index contributed by atoms with van der Waals surface area (Å²) < 4.78 is 5.91. The van der Waals surface area contributed by atoms with Gasteiger partial charge in [0.1, 0.15) is 0 Å². The Bertz CT molecular complexity index is 908. The number of anilines is 2. The van der Waals surface area contributed by atoms with E-state index in [4.69, 9.17) is 28.6 Å². The van der Waals surface area contributed by atoms with E-state index in [9.17, 15) is 4.79 Å². The standard InChI is InChI=1S/C20H17ClN2O2S2/c21-15-2-1-3-17(13-15)23-19(24)18(27-20(23)26)12-14-4-6-16(7-5-14)22-8-10-25-11-9-22/h1-7,12-13H,8-11H2/b18-12-. The highest BCUT2D eigenvalue weighted by Gasteiger charge is 2.33. The lowest BCUT2D eigenvalue weighted by atomic mass is 10.1. The number of hydrogen-bond acceptors (Lipinski definition) is 5. The molecule has 2 fully saturated rings. The molecular weight excluding hydrogens is 400 g/mol. The molecule has 0 aliphatic carbocycles. The van der Waals surface area contributed by atoms with Crippen molar-refractivity contribution < 1.29 is 9.53 Å². The second-order valence-electron chi connectivity index (χ2n) is 6.19. The van der Waals surface area contributed by atoms with Crippen LogP contribution in [0.4, 0.5) is 11.4 Å². The fraction of sp³-hybridized carbons (Fsp3) is 0.200. The zero-order valence-electron chi connectivity index (χ0n) is 14.4. The second-order valence-corrected chi connectivity index (χ2v) is 8.30. The molecule has 0 unspecified atom stereocenters.